The van der Waals surface area contributed by atoms with Crippen molar-refractivity contribution in [3.05, 3.63) is 23.8 Å². The van der Waals surface area contributed by atoms with Gasteiger partial charge in [0, 0.05) is 22.6 Å². The van der Waals surface area contributed by atoms with Crippen molar-refractivity contribution in [1.82, 2.24) is 0 Å². The fourth-order valence-corrected chi connectivity index (χ4v) is 3.26. The second kappa shape index (κ2) is 5.52. The van der Waals surface area contributed by atoms with Gasteiger partial charge in [0.15, 0.2) is 0 Å². The highest BCUT2D eigenvalue weighted by Crippen LogP contribution is 2.32. The van der Waals surface area contributed by atoms with Crippen LogP contribution >= 0.6 is 11.8 Å². The molecule has 0 radical (unpaired) electrons. The zero-order valence-electron chi connectivity index (χ0n) is 10.6. The van der Waals surface area contributed by atoms with Crippen LogP contribution in [0.15, 0.2) is 18.2 Å². The Kier molecular flexibility index (Phi) is 4.01. The molecule has 1 aliphatic heterocycles. The maximum Gasteiger partial charge on any atom is 0.248 e. The number of rotatable bonds is 4. The molecule has 98 valence electrons. The molecule has 3 N–H and O–H groups in total. The Labute approximate surface area is 111 Å². The Hall–Kier alpha value is -1.36. The predicted octanol–water partition coefficient (Wildman–Crippen LogP) is 2.10. The van der Waals surface area contributed by atoms with Gasteiger partial charge < -0.3 is 15.8 Å². The number of amides is 1. The molecule has 2 rings (SSSR count). The summed E-state index contributed by atoms with van der Waals surface area (Å²) in [6.07, 6.45) is 1.12. The number of methoxy groups -OCH3 is 1. The zero-order chi connectivity index (χ0) is 13.1. The summed E-state index contributed by atoms with van der Waals surface area (Å²) in [6, 6.07) is 5.63. The highest BCUT2D eigenvalue weighted by molar-refractivity contribution is 8.00. The summed E-state index contributed by atoms with van der Waals surface area (Å²) in [5.74, 6) is 1.39. The third kappa shape index (κ3) is 2.90. The number of hydrogen-bond donors (Lipinski definition) is 2. The van der Waals surface area contributed by atoms with Crippen LogP contribution in [0.4, 0.5) is 5.69 Å². The highest BCUT2D eigenvalue weighted by Gasteiger charge is 2.22. The number of carbonyl (C=O) groups excluding carboxylic acids is 1. The maximum atomic E-state index is 11.2. The highest BCUT2D eigenvalue weighted by atomic mass is 32.2. The summed E-state index contributed by atoms with van der Waals surface area (Å²) in [5, 5.41) is 4.11. The van der Waals surface area contributed by atoms with Crippen LogP contribution < -0.4 is 15.8 Å². The van der Waals surface area contributed by atoms with Crippen molar-refractivity contribution in [3.8, 4) is 5.75 Å². The normalized spacial score (nSPS) is 22.8. The second-order valence-corrected chi connectivity index (χ2v) is 5.97. The Morgan fingerprint density at radius 2 is 2.33 bits per heavy atom. The lowest BCUT2D eigenvalue weighted by molar-refractivity contribution is 0.100. The van der Waals surface area contributed by atoms with E-state index >= 15 is 0 Å². The van der Waals surface area contributed by atoms with Gasteiger partial charge in [0.05, 0.1) is 12.8 Å². The smallest absolute Gasteiger partial charge is 0.248 e. The molecule has 1 heterocycles. The van der Waals surface area contributed by atoms with Crippen LogP contribution in [0.5, 0.6) is 5.75 Å². The van der Waals surface area contributed by atoms with Gasteiger partial charge in [-0.15, -0.1) is 0 Å². The summed E-state index contributed by atoms with van der Waals surface area (Å²) in [7, 11) is 1.62. The molecule has 0 spiro atoms. The van der Waals surface area contributed by atoms with E-state index in [1.165, 1.54) is 0 Å². The molecule has 1 aromatic carbocycles. The first kappa shape index (κ1) is 13.1. The average Bonchev–Trinajstić information content (AvgIpc) is 2.74. The molecule has 18 heavy (non-hydrogen) atoms. The van der Waals surface area contributed by atoms with E-state index in [2.05, 4.69) is 12.2 Å². The molecule has 5 heteroatoms. The standard InChI is InChI=1S/C13H18N2O2S/c1-8-5-10(7-18-8)15-11-6-9(13(14)16)3-4-12(11)17-2/h3-4,6,8,10,15H,5,7H2,1-2H3,(H2,14,16). The van der Waals surface area contributed by atoms with E-state index in [0.29, 0.717) is 16.9 Å². The Bertz CT molecular complexity index is 451. The largest absolute Gasteiger partial charge is 0.495 e. The Morgan fingerprint density at radius 3 is 2.89 bits per heavy atom. The number of thioether (sulfide) groups is 1. The molecule has 1 aromatic rings. The van der Waals surface area contributed by atoms with Crippen LogP contribution in [0.3, 0.4) is 0 Å². The fraction of sp³-hybridized carbons (Fsp3) is 0.462. The third-order valence-corrected chi connectivity index (χ3v) is 4.40. The average molecular weight is 266 g/mol. The number of nitrogens with two attached hydrogens (primary N) is 1. The summed E-state index contributed by atoms with van der Waals surface area (Å²) >= 11 is 1.95. The van der Waals surface area contributed by atoms with E-state index in [-0.39, 0.29) is 0 Å². The fourth-order valence-electron chi connectivity index (χ4n) is 2.11. The lowest BCUT2D eigenvalue weighted by Gasteiger charge is -2.16. The first-order valence-corrected chi connectivity index (χ1v) is 7.01. The molecule has 0 saturated carbocycles. The minimum Gasteiger partial charge on any atom is -0.495 e. The van der Waals surface area contributed by atoms with Crippen molar-refractivity contribution in [2.24, 2.45) is 5.73 Å². The number of benzene rings is 1. The van der Waals surface area contributed by atoms with Crippen LogP contribution in [-0.4, -0.2) is 30.1 Å². The number of nitrogens with one attached hydrogen (secondary N) is 1. The number of primary amides is 1. The minimum absolute atomic E-state index is 0.419. The molecular formula is C13H18N2O2S. The molecule has 1 fully saturated rings. The molecule has 1 saturated heterocycles. The van der Waals surface area contributed by atoms with Gasteiger partial charge in [0.25, 0.3) is 0 Å². The Morgan fingerprint density at radius 1 is 1.56 bits per heavy atom. The van der Waals surface area contributed by atoms with Crippen LogP contribution in [0.25, 0.3) is 0 Å². The van der Waals surface area contributed by atoms with Gasteiger partial charge >= 0.3 is 0 Å². The topological polar surface area (TPSA) is 64.3 Å². The Balaban J connectivity index is 2.18. The van der Waals surface area contributed by atoms with E-state index in [1.54, 1.807) is 25.3 Å². The summed E-state index contributed by atoms with van der Waals surface area (Å²) in [5.41, 5.74) is 6.63. The monoisotopic (exact) mass is 266 g/mol. The number of anilines is 1. The van der Waals surface area contributed by atoms with Crippen molar-refractivity contribution in [3.63, 3.8) is 0 Å². The summed E-state index contributed by atoms with van der Waals surface area (Å²) in [4.78, 5) is 11.2. The lowest BCUT2D eigenvalue weighted by Crippen LogP contribution is -2.20. The van der Waals surface area contributed by atoms with Crippen LogP contribution in [0.2, 0.25) is 0 Å². The van der Waals surface area contributed by atoms with Crippen LogP contribution in [0, 0.1) is 0 Å². The molecule has 0 aromatic heterocycles. The van der Waals surface area contributed by atoms with Crippen molar-refractivity contribution >= 4 is 23.4 Å². The van der Waals surface area contributed by atoms with Gasteiger partial charge in [-0.1, -0.05) is 6.92 Å². The van der Waals surface area contributed by atoms with E-state index in [1.807, 2.05) is 11.8 Å². The van der Waals surface area contributed by atoms with Crippen molar-refractivity contribution in [2.75, 3.05) is 18.2 Å². The van der Waals surface area contributed by atoms with Crippen LogP contribution in [0.1, 0.15) is 23.7 Å². The van der Waals surface area contributed by atoms with Crippen LogP contribution in [-0.2, 0) is 0 Å². The summed E-state index contributed by atoms with van der Waals surface area (Å²) < 4.78 is 5.30. The van der Waals surface area contributed by atoms with E-state index in [9.17, 15) is 4.79 Å². The molecule has 2 atom stereocenters. The zero-order valence-corrected chi connectivity index (χ0v) is 11.4. The van der Waals surface area contributed by atoms with Gasteiger partial charge in [-0.3, -0.25) is 4.79 Å². The van der Waals surface area contributed by atoms with Crippen molar-refractivity contribution < 1.29 is 9.53 Å². The second-order valence-electron chi connectivity index (χ2n) is 4.50. The summed E-state index contributed by atoms with van der Waals surface area (Å²) in [6.45, 7) is 2.23. The molecule has 1 amide bonds. The number of carbonyl (C=O) groups is 1. The molecule has 0 aliphatic carbocycles. The molecule has 0 bridgehead atoms. The number of ether oxygens (including phenoxy) is 1. The van der Waals surface area contributed by atoms with Crippen molar-refractivity contribution in [1.29, 1.82) is 0 Å². The molecule has 2 unspecified atom stereocenters. The SMILES string of the molecule is COc1ccc(C(N)=O)cc1NC1CSC(C)C1. The first-order valence-electron chi connectivity index (χ1n) is 5.96. The maximum absolute atomic E-state index is 11.2. The molecular weight excluding hydrogens is 248 g/mol. The minimum atomic E-state index is -0.421. The molecule has 4 nitrogen and oxygen atoms in total. The van der Waals surface area contributed by atoms with Gasteiger partial charge in [-0.25, -0.2) is 0 Å². The van der Waals surface area contributed by atoms with E-state index in [0.717, 1.165) is 23.6 Å². The quantitative estimate of drug-likeness (QED) is 0.876. The van der Waals surface area contributed by atoms with Crippen molar-refractivity contribution in [2.45, 2.75) is 24.6 Å². The van der Waals surface area contributed by atoms with Gasteiger partial charge in [-0.2, -0.15) is 11.8 Å². The number of hydrogen-bond acceptors (Lipinski definition) is 4. The van der Waals surface area contributed by atoms with Gasteiger partial charge in [-0.05, 0) is 24.6 Å². The van der Waals surface area contributed by atoms with E-state index in [4.69, 9.17) is 10.5 Å². The lowest BCUT2D eigenvalue weighted by atomic mass is 10.1. The van der Waals surface area contributed by atoms with Gasteiger partial charge in [0.1, 0.15) is 5.75 Å². The van der Waals surface area contributed by atoms with E-state index < -0.39 is 5.91 Å². The predicted molar refractivity (Wildman–Crippen MR) is 75.5 cm³/mol. The first-order chi connectivity index (χ1) is 8.60. The van der Waals surface area contributed by atoms with Gasteiger partial charge in [0.2, 0.25) is 5.91 Å². The third-order valence-electron chi connectivity index (χ3n) is 3.04. The molecule has 1 aliphatic rings.